The fraction of sp³-hybridized carbons (Fsp3) is 0.939. The van der Waals surface area contributed by atoms with Crippen molar-refractivity contribution >= 4 is 11.4 Å². The third kappa shape index (κ3) is 9.51. The van der Waals surface area contributed by atoms with Crippen LogP contribution in [-0.2, 0) is 18.9 Å². The Balaban J connectivity index is 2.42. The predicted molar refractivity (Wildman–Crippen MR) is 172 cm³/mol. The summed E-state index contributed by atoms with van der Waals surface area (Å²) in [6.07, 6.45) is 2.07. The average Bonchev–Trinajstić information content (AvgIpc) is 3.46. The van der Waals surface area contributed by atoms with Crippen molar-refractivity contribution in [3.8, 4) is 0 Å². The van der Waals surface area contributed by atoms with Crippen LogP contribution < -0.4 is 0 Å². The Hall–Kier alpha value is -0.980. The van der Waals surface area contributed by atoms with Crippen LogP contribution in [0.25, 0.3) is 0 Å². The maximum absolute atomic E-state index is 11.5. The zero-order valence-corrected chi connectivity index (χ0v) is 29.0. The Morgan fingerprint density at radius 1 is 1.12 bits per heavy atom. The number of likely N-dealkylation sites (N-methyl/N-ethyl adjacent to an activating group) is 1. The Morgan fingerprint density at radius 2 is 1.72 bits per heavy atom. The first kappa shape index (κ1) is 38.2. The number of nitrogens with zero attached hydrogens (tertiary/aromatic N) is 3. The molecule has 0 spiro atoms. The van der Waals surface area contributed by atoms with E-state index in [-0.39, 0.29) is 24.0 Å². The van der Waals surface area contributed by atoms with Gasteiger partial charge in [0, 0.05) is 37.6 Å². The molecule has 0 bridgehead atoms. The van der Waals surface area contributed by atoms with Gasteiger partial charge in [0.15, 0.2) is 6.29 Å². The summed E-state index contributed by atoms with van der Waals surface area (Å²) in [5.74, 6) is -0.656. The van der Waals surface area contributed by atoms with Crippen LogP contribution in [-0.4, -0.2) is 114 Å². The molecule has 252 valence electrons. The quantitative estimate of drug-likeness (QED) is 0.173. The molecule has 2 aliphatic rings. The lowest BCUT2D eigenvalue weighted by molar-refractivity contribution is -0.295. The molecule has 1 saturated carbocycles. The van der Waals surface area contributed by atoms with Crippen LogP contribution in [0.5, 0.6) is 0 Å². The van der Waals surface area contributed by atoms with Crippen LogP contribution in [0.1, 0.15) is 100 Å². The van der Waals surface area contributed by atoms with Gasteiger partial charge in [0.2, 0.25) is 0 Å². The average molecular weight is 614 g/mol. The topological polar surface area (TPSA) is 126 Å². The van der Waals surface area contributed by atoms with E-state index in [1.807, 2.05) is 46.7 Å². The van der Waals surface area contributed by atoms with Gasteiger partial charge < -0.3 is 39.2 Å². The molecule has 1 aliphatic carbocycles. The number of ether oxygens (including phenoxy) is 4. The van der Waals surface area contributed by atoms with Crippen LogP contribution in [0.4, 0.5) is 0 Å². The lowest BCUT2D eigenvalue weighted by Gasteiger charge is -2.46. The number of rotatable bonds is 16. The molecule has 0 aromatic carbocycles. The minimum absolute atomic E-state index is 0.0397. The lowest BCUT2D eigenvalue weighted by Crippen LogP contribution is -2.58. The van der Waals surface area contributed by atoms with E-state index in [0.717, 1.165) is 31.4 Å². The van der Waals surface area contributed by atoms with E-state index >= 15 is 0 Å². The van der Waals surface area contributed by atoms with E-state index in [1.165, 1.54) is 0 Å². The SMILES string of the molecule is CC[C@@H](OC)[C@@](C)(O)[C@H](O)[C@@H](C)/C(=N/N=C1CCCC1)[C@H](C)C[C@@](C)(OC)[C@H](OC1OC(C)CC(N(C)C)C1O)C(C)C. The van der Waals surface area contributed by atoms with Gasteiger partial charge in [0.1, 0.15) is 11.7 Å². The van der Waals surface area contributed by atoms with Crippen molar-refractivity contribution in [2.45, 2.75) is 154 Å². The zero-order chi connectivity index (χ0) is 32.7. The first-order valence-corrected chi connectivity index (χ1v) is 16.3. The number of aliphatic hydroxyl groups excluding tert-OH is 2. The summed E-state index contributed by atoms with van der Waals surface area (Å²) in [5, 5.41) is 43.5. The standard InChI is InChI=1S/C33H63N3O7/c1-13-26(40-11)33(8,39)29(38)23(6)27(35-34-24-16-14-15-17-24)21(4)19-32(7,41-12)30(20(2)3)43-31-28(37)25(36(9)10)18-22(5)42-31/h20-23,25-26,28-31,37-39H,13-19H2,1-12H3/b35-27+/t21-,22?,23+,25?,26-,28?,29-,30-,31?,32-,33-/m1/s1. The highest BCUT2D eigenvalue weighted by atomic mass is 16.7. The highest BCUT2D eigenvalue weighted by Crippen LogP contribution is 2.37. The highest BCUT2D eigenvalue weighted by molar-refractivity contribution is 5.91. The minimum Gasteiger partial charge on any atom is -0.389 e. The van der Waals surface area contributed by atoms with Crippen LogP contribution in [0.2, 0.25) is 0 Å². The zero-order valence-electron chi connectivity index (χ0n) is 29.0. The molecule has 3 N–H and O–H groups in total. The molecule has 43 heavy (non-hydrogen) atoms. The van der Waals surface area contributed by atoms with Crippen molar-refractivity contribution < 1.29 is 34.3 Å². The molecule has 0 amide bonds. The largest absolute Gasteiger partial charge is 0.389 e. The van der Waals surface area contributed by atoms with Crippen LogP contribution in [0.3, 0.4) is 0 Å². The molecule has 0 aromatic rings. The number of hydrogen-bond donors (Lipinski definition) is 3. The Morgan fingerprint density at radius 3 is 2.21 bits per heavy atom. The fourth-order valence-corrected chi connectivity index (χ4v) is 7.16. The van der Waals surface area contributed by atoms with Gasteiger partial charge in [-0.05, 0) is 91.6 Å². The Kier molecular flexibility index (Phi) is 14.7. The van der Waals surface area contributed by atoms with E-state index in [1.54, 1.807) is 21.1 Å². The molecule has 0 radical (unpaired) electrons. The Bertz CT molecular complexity index is 899. The highest BCUT2D eigenvalue weighted by Gasteiger charge is 2.47. The molecule has 10 heteroatoms. The van der Waals surface area contributed by atoms with E-state index in [9.17, 15) is 15.3 Å². The van der Waals surface area contributed by atoms with Gasteiger partial charge in [-0.1, -0.05) is 34.6 Å². The summed E-state index contributed by atoms with van der Waals surface area (Å²) in [6, 6.07) is -0.0862. The molecule has 11 atom stereocenters. The fourth-order valence-electron chi connectivity index (χ4n) is 7.16. The molecule has 1 heterocycles. The molecular formula is C33H63N3O7. The van der Waals surface area contributed by atoms with E-state index in [4.69, 9.17) is 24.0 Å². The summed E-state index contributed by atoms with van der Waals surface area (Å²) in [5.41, 5.74) is -0.532. The van der Waals surface area contributed by atoms with Gasteiger partial charge in [-0.2, -0.15) is 10.2 Å². The van der Waals surface area contributed by atoms with Gasteiger partial charge in [-0.15, -0.1) is 0 Å². The molecular weight excluding hydrogens is 550 g/mol. The maximum Gasteiger partial charge on any atom is 0.185 e. The Labute approximate surface area is 261 Å². The number of hydrogen-bond acceptors (Lipinski definition) is 10. The second-order valence-electron chi connectivity index (χ2n) is 14.0. The van der Waals surface area contributed by atoms with E-state index in [0.29, 0.717) is 25.0 Å². The summed E-state index contributed by atoms with van der Waals surface area (Å²) in [7, 11) is 7.15. The first-order chi connectivity index (χ1) is 20.0. The van der Waals surface area contributed by atoms with Crippen LogP contribution in [0.15, 0.2) is 10.2 Å². The van der Waals surface area contributed by atoms with Gasteiger partial charge in [-0.25, -0.2) is 0 Å². The summed E-state index contributed by atoms with van der Waals surface area (Å²) in [6.45, 7) is 15.7. The number of methoxy groups -OCH3 is 2. The van der Waals surface area contributed by atoms with Crippen molar-refractivity contribution in [1.82, 2.24) is 4.90 Å². The second-order valence-corrected chi connectivity index (χ2v) is 14.0. The van der Waals surface area contributed by atoms with Crippen LogP contribution in [0, 0.1) is 17.8 Å². The number of aliphatic hydroxyl groups is 3. The van der Waals surface area contributed by atoms with E-state index in [2.05, 4.69) is 25.9 Å². The predicted octanol–water partition coefficient (Wildman–Crippen LogP) is 4.43. The molecule has 1 saturated heterocycles. The molecule has 0 aromatic heterocycles. The normalized spacial score (nSPS) is 30.1. The lowest BCUT2D eigenvalue weighted by atomic mass is 9.75. The van der Waals surface area contributed by atoms with Crippen LogP contribution >= 0.6 is 0 Å². The summed E-state index contributed by atoms with van der Waals surface area (Å²) >= 11 is 0. The van der Waals surface area contributed by atoms with Crippen molar-refractivity contribution in [1.29, 1.82) is 0 Å². The summed E-state index contributed by atoms with van der Waals surface area (Å²) < 4.78 is 24.5. The van der Waals surface area contributed by atoms with Crippen molar-refractivity contribution in [3.05, 3.63) is 0 Å². The van der Waals surface area contributed by atoms with Gasteiger partial charge in [-0.3, -0.25) is 0 Å². The van der Waals surface area contributed by atoms with E-state index < -0.39 is 47.8 Å². The first-order valence-electron chi connectivity index (χ1n) is 16.3. The second kappa shape index (κ2) is 16.5. The van der Waals surface area contributed by atoms with Crippen molar-refractivity contribution in [2.24, 2.45) is 28.0 Å². The molecule has 2 fully saturated rings. The molecule has 1 aliphatic heterocycles. The minimum atomic E-state index is -1.49. The third-order valence-corrected chi connectivity index (χ3v) is 9.78. The van der Waals surface area contributed by atoms with Crippen molar-refractivity contribution in [2.75, 3.05) is 28.3 Å². The van der Waals surface area contributed by atoms with Gasteiger partial charge in [0.25, 0.3) is 0 Å². The van der Waals surface area contributed by atoms with Crippen molar-refractivity contribution in [3.63, 3.8) is 0 Å². The summed E-state index contributed by atoms with van der Waals surface area (Å²) in [4.78, 5) is 2.02. The molecule has 4 unspecified atom stereocenters. The van der Waals surface area contributed by atoms with Gasteiger partial charge >= 0.3 is 0 Å². The maximum atomic E-state index is 11.5. The third-order valence-electron chi connectivity index (χ3n) is 9.78. The smallest absolute Gasteiger partial charge is 0.185 e. The molecule has 10 nitrogen and oxygen atoms in total. The van der Waals surface area contributed by atoms with Gasteiger partial charge in [0.05, 0.1) is 30.0 Å². The molecule has 2 rings (SSSR count). The monoisotopic (exact) mass is 613 g/mol.